The predicted molar refractivity (Wildman–Crippen MR) is 180 cm³/mol. The molecule has 0 aliphatic rings. The molecule has 2 N–H and O–H groups in total. The molecule has 0 radical (unpaired) electrons. The first kappa shape index (κ1) is 33.3. The van der Waals surface area contributed by atoms with Gasteiger partial charge in [-0.25, -0.2) is 4.98 Å². The summed E-state index contributed by atoms with van der Waals surface area (Å²) in [6.07, 6.45) is -1.31. The molecule has 6 nitrogen and oxygen atoms in total. The number of fused-ring (bicyclic) bond motifs is 1. The number of carbonyl (C=O) groups is 2. The number of amides is 2. The zero-order valence-corrected chi connectivity index (χ0v) is 26.4. The molecule has 1 aromatic heterocycles. The zero-order valence-electron chi connectivity index (χ0n) is 26.4. The fourth-order valence-corrected chi connectivity index (χ4v) is 5.45. The molecular weight excluding hydrogens is 601 g/mol. The molecule has 0 spiro atoms. The number of pyridine rings is 1. The summed E-state index contributed by atoms with van der Waals surface area (Å²) in [6, 6.07) is 30.1. The van der Waals surface area contributed by atoms with Crippen LogP contribution in [0.25, 0.3) is 22.0 Å². The van der Waals surface area contributed by atoms with Crippen molar-refractivity contribution in [3.8, 4) is 11.1 Å². The second-order valence-corrected chi connectivity index (χ2v) is 11.5. The molecule has 5 aromatic rings. The highest BCUT2D eigenvalue weighted by Crippen LogP contribution is 2.32. The predicted octanol–water partition coefficient (Wildman–Crippen LogP) is 8.65. The number of aromatic nitrogens is 1. The third kappa shape index (κ3) is 8.42. The van der Waals surface area contributed by atoms with E-state index in [4.69, 9.17) is 0 Å². The maximum atomic E-state index is 13.4. The van der Waals surface area contributed by atoms with Gasteiger partial charge in [-0.2, -0.15) is 13.2 Å². The standard InChI is InChI=1S/C38H37F3N4O2/c1-3-4-10-23-45(2)37(47)35(28-11-6-5-7-12-28)42-25-26-15-21-33-29(24-26)18-22-34(43-33)44-36(46)32-14-9-8-13-31(32)27-16-19-30(20-17-27)38(39,40)41/h5-9,11-22,24,35,42H,3-4,10,23,25H2,1-2H3,(H,43,44,46)/t35-/m0/s1. The van der Waals surface area contributed by atoms with Crippen LogP contribution in [0.15, 0.2) is 109 Å². The van der Waals surface area contributed by atoms with Crippen molar-refractivity contribution >= 4 is 28.5 Å². The highest BCUT2D eigenvalue weighted by atomic mass is 19.4. The molecule has 2 amide bonds. The molecule has 0 fully saturated rings. The Morgan fingerprint density at radius 1 is 0.851 bits per heavy atom. The van der Waals surface area contributed by atoms with Gasteiger partial charge in [0.05, 0.1) is 11.1 Å². The summed E-state index contributed by atoms with van der Waals surface area (Å²) >= 11 is 0. The van der Waals surface area contributed by atoms with Crippen LogP contribution in [0.3, 0.4) is 0 Å². The van der Waals surface area contributed by atoms with E-state index in [2.05, 4.69) is 22.5 Å². The zero-order chi connectivity index (χ0) is 33.4. The summed E-state index contributed by atoms with van der Waals surface area (Å²) in [5.74, 6) is -0.0593. The normalized spacial score (nSPS) is 12.1. The van der Waals surface area contributed by atoms with Gasteiger partial charge in [-0.05, 0) is 71.1 Å². The number of unbranched alkanes of at least 4 members (excludes halogenated alkanes) is 2. The minimum atomic E-state index is -4.44. The smallest absolute Gasteiger partial charge is 0.344 e. The van der Waals surface area contributed by atoms with Crippen LogP contribution in [0.1, 0.15) is 59.3 Å². The molecular formula is C38H37F3N4O2. The van der Waals surface area contributed by atoms with Crippen molar-refractivity contribution in [3.63, 3.8) is 0 Å². The lowest BCUT2D eigenvalue weighted by Crippen LogP contribution is -2.39. The third-order valence-corrected chi connectivity index (χ3v) is 8.05. The van der Waals surface area contributed by atoms with Gasteiger partial charge < -0.3 is 10.2 Å². The number of alkyl halides is 3. The number of carbonyl (C=O) groups excluding carboxylic acids is 2. The Morgan fingerprint density at radius 3 is 2.30 bits per heavy atom. The number of nitrogens with zero attached hydrogens (tertiary/aromatic N) is 2. The van der Waals surface area contributed by atoms with E-state index < -0.39 is 23.7 Å². The molecule has 0 aliphatic heterocycles. The SMILES string of the molecule is CCCCCN(C)C(=O)[C@@H](NCc1ccc2nc(NC(=O)c3ccccc3-c3ccc(C(F)(F)F)cc3)ccc2c1)c1ccccc1. The van der Waals surface area contributed by atoms with Gasteiger partial charge in [0.2, 0.25) is 5.91 Å². The lowest BCUT2D eigenvalue weighted by molar-refractivity contribution is -0.137. The minimum Gasteiger partial charge on any atom is -0.344 e. The molecule has 47 heavy (non-hydrogen) atoms. The topological polar surface area (TPSA) is 74.3 Å². The maximum absolute atomic E-state index is 13.4. The minimum absolute atomic E-state index is 0.0232. The number of hydrogen-bond acceptors (Lipinski definition) is 4. The van der Waals surface area contributed by atoms with Gasteiger partial charge in [-0.1, -0.05) is 86.5 Å². The highest BCUT2D eigenvalue weighted by molar-refractivity contribution is 6.08. The summed E-state index contributed by atoms with van der Waals surface area (Å²) in [6.45, 7) is 3.31. The van der Waals surface area contributed by atoms with Gasteiger partial charge >= 0.3 is 6.18 Å². The van der Waals surface area contributed by atoms with E-state index in [9.17, 15) is 22.8 Å². The van der Waals surface area contributed by atoms with Crippen LogP contribution in [0.2, 0.25) is 0 Å². The number of likely N-dealkylation sites (N-methyl/N-ethyl adjacent to an activating group) is 1. The van der Waals surface area contributed by atoms with Crippen molar-refractivity contribution in [2.24, 2.45) is 0 Å². The molecule has 9 heteroatoms. The fraction of sp³-hybridized carbons (Fsp3) is 0.237. The summed E-state index contributed by atoms with van der Waals surface area (Å²) in [5, 5.41) is 7.14. The Morgan fingerprint density at radius 2 is 1.57 bits per heavy atom. The Balaban J connectivity index is 1.28. The van der Waals surface area contributed by atoms with Crippen molar-refractivity contribution < 1.29 is 22.8 Å². The number of hydrogen-bond donors (Lipinski definition) is 2. The highest BCUT2D eigenvalue weighted by Gasteiger charge is 2.30. The summed E-state index contributed by atoms with van der Waals surface area (Å²) in [4.78, 5) is 33.1. The molecule has 242 valence electrons. The van der Waals surface area contributed by atoms with E-state index in [-0.39, 0.29) is 5.91 Å². The molecule has 0 saturated heterocycles. The van der Waals surface area contributed by atoms with E-state index in [1.807, 2.05) is 61.6 Å². The van der Waals surface area contributed by atoms with Crippen molar-refractivity contribution in [1.29, 1.82) is 0 Å². The van der Waals surface area contributed by atoms with Crippen LogP contribution < -0.4 is 10.6 Å². The summed E-state index contributed by atoms with van der Waals surface area (Å²) < 4.78 is 39.2. The van der Waals surface area contributed by atoms with Gasteiger partial charge in [0, 0.05) is 31.1 Å². The molecule has 0 saturated carbocycles. The first-order valence-corrected chi connectivity index (χ1v) is 15.6. The van der Waals surface area contributed by atoms with Gasteiger partial charge in [0.25, 0.3) is 5.91 Å². The maximum Gasteiger partial charge on any atom is 0.416 e. The van der Waals surface area contributed by atoms with Crippen LogP contribution in [0.5, 0.6) is 0 Å². The Labute approximate surface area is 272 Å². The average molecular weight is 639 g/mol. The Kier molecular flexibility index (Phi) is 10.7. The lowest BCUT2D eigenvalue weighted by atomic mass is 9.98. The molecule has 0 aliphatic carbocycles. The molecule has 1 atom stereocenters. The third-order valence-electron chi connectivity index (χ3n) is 8.05. The van der Waals surface area contributed by atoms with Gasteiger partial charge in [-0.15, -0.1) is 0 Å². The van der Waals surface area contributed by atoms with Crippen molar-refractivity contribution in [2.45, 2.75) is 44.9 Å². The van der Waals surface area contributed by atoms with Gasteiger partial charge in [0.1, 0.15) is 11.9 Å². The lowest BCUT2D eigenvalue weighted by Gasteiger charge is -2.25. The first-order chi connectivity index (χ1) is 22.6. The second-order valence-electron chi connectivity index (χ2n) is 11.5. The number of benzene rings is 4. The van der Waals surface area contributed by atoms with Crippen LogP contribution in [0, 0.1) is 0 Å². The average Bonchev–Trinajstić information content (AvgIpc) is 3.08. The van der Waals surface area contributed by atoms with E-state index in [0.717, 1.165) is 47.9 Å². The van der Waals surface area contributed by atoms with E-state index in [1.54, 1.807) is 35.2 Å². The van der Waals surface area contributed by atoms with Crippen molar-refractivity contribution in [3.05, 3.63) is 131 Å². The van der Waals surface area contributed by atoms with Gasteiger partial charge in [-0.3, -0.25) is 14.9 Å². The van der Waals surface area contributed by atoms with E-state index in [0.29, 0.717) is 41.1 Å². The summed E-state index contributed by atoms with van der Waals surface area (Å²) in [7, 11) is 1.85. The summed E-state index contributed by atoms with van der Waals surface area (Å²) in [5.41, 5.74) is 3.12. The van der Waals surface area contributed by atoms with Crippen LogP contribution in [-0.2, 0) is 17.5 Å². The van der Waals surface area contributed by atoms with E-state index >= 15 is 0 Å². The molecule has 5 rings (SSSR count). The molecule has 0 bridgehead atoms. The van der Waals surface area contributed by atoms with Crippen molar-refractivity contribution in [1.82, 2.24) is 15.2 Å². The molecule has 4 aromatic carbocycles. The second kappa shape index (κ2) is 15.0. The Bertz CT molecular complexity index is 1830. The van der Waals surface area contributed by atoms with Gasteiger partial charge in [0.15, 0.2) is 0 Å². The van der Waals surface area contributed by atoms with Crippen LogP contribution in [0.4, 0.5) is 19.0 Å². The van der Waals surface area contributed by atoms with E-state index in [1.165, 1.54) is 12.1 Å². The number of nitrogens with one attached hydrogen (secondary N) is 2. The molecule has 0 unspecified atom stereocenters. The van der Waals surface area contributed by atoms with Crippen molar-refractivity contribution in [2.75, 3.05) is 18.9 Å². The Hall–Kier alpha value is -5.02. The van der Waals surface area contributed by atoms with Crippen LogP contribution >= 0.6 is 0 Å². The van der Waals surface area contributed by atoms with Crippen LogP contribution in [-0.4, -0.2) is 35.3 Å². The quantitative estimate of drug-likeness (QED) is 0.134. The number of anilines is 1. The molecule has 1 heterocycles. The number of halogens is 3. The fourth-order valence-electron chi connectivity index (χ4n) is 5.45. The first-order valence-electron chi connectivity index (χ1n) is 15.6. The monoisotopic (exact) mass is 638 g/mol. The number of rotatable bonds is 12. The largest absolute Gasteiger partial charge is 0.416 e.